The van der Waals surface area contributed by atoms with E-state index in [9.17, 15) is 0 Å². The van der Waals surface area contributed by atoms with E-state index in [1.165, 1.54) is 0 Å². The molecule has 0 bridgehead atoms. The number of hydrogen-bond acceptors (Lipinski definition) is 6. The van der Waals surface area contributed by atoms with Crippen molar-refractivity contribution >= 4 is 12.3 Å². The van der Waals surface area contributed by atoms with Gasteiger partial charge in [-0.1, -0.05) is 0 Å². The summed E-state index contributed by atoms with van der Waals surface area (Å²) in [5.74, 6) is 0. The van der Waals surface area contributed by atoms with Gasteiger partial charge in [0.05, 0.1) is 0 Å². The Bertz CT molecular complexity index is 78.6. The monoisotopic (exact) mass is 250 g/mol. The van der Waals surface area contributed by atoms with Crippen LogP contribution in [0.25, 0.3) is 0 Å². The van der Waals surface area contributed by atoms with Crippen LogP contribution in [0.2, 0.25) is 0 Å². The molecule has 50 valence electrons. The maximum atomic E-state index is 8.33. The van der Waals surface area contributed by atoms with Gasteiger partial charge in [0.25, 0.3) is 0 Å². The van der Waals surface area contributed by atoms with E-state index in [0.29, 0.717) is 0 Å². The minimum atomic E-state index is -2.33. The van der Waals surface area contributed by atoms with E-state index in [2.05, 4.69) is 0 Å². The van der Waals surface area contributed by atoms with Crippen LogP contribution in [0.4, 0.5) is 9.59 Å². The molecule has 0 unspecified atom stereocenters. The first-order valence-electron chi connectivity index (χ1n) is 1.22. The molecule has 0 aromatic heterocycles. The SMILES string of the molecule is O=C([O-])[O-].O=C([O-])[O-].[H-].[K+].[Zr+4]. The molecule has 8 heteroatoms. The summed E-state index contributed by atoms with van der Waals surface area (Å²) in [4.78, 5) is 16.7. The third-order valence-electron chi connectivity index (χ3n) is 0. The fraction of sp³-hybridized carbons (Fsp3) is 0. The predicted octanol–water partition coefficient (Wildman–Crippen LogP) is -7.78. The predicted molar refractivity (Wildman–Crippen MR) is 11.9 cm³/mol. The Morgan fingerprint density at radius 2 is 0.900 bits per heavy atom. The molecule has 0 rings (SSSR count). The Labute approximate surface area is 119 Å². The first-order valence-corrected chi connectivity index (χ1v) is 1.22. The third kappa shape index (κ3) is 524. The Morgan fingerprint density at radius 3 is 0.900 bits per heavy atom. The van der Waals surface area contributed by atoms with Gasteiger partial charge >= 0.3 is 77.6 Å². The fourth-order valence-corrected chi connectivity index (χ4v) is 0. The second kappa shape index (κ2) is 16.6. The molecular weight excluding hydrogens is 250 g/mol. The van der Waals surface area contributed by atoms with Gasteiger partial charge in [-0.15, -0.1) is 0 Å². The topological polar surface area (TPSA) is 126 Å². The molecular formula is C2HKO6Zr. The van der Waals surface area contributed by atoms with Crippen LogP contribution in [0.1, 0.15) is 1.43 Å². The largest absolute Gasteiger partial charge is 4.00 e. The van der Waals surface area contributed by atoms with Crippen LogP contribution in [0, 0.1) is 0 Å². The molecule has 0 aliphatic rings. The van der Waals surface area contributed by atoms with Crippen LogP contribution in [0.15, 0.2) is 0 Å². The van der Waals surface area contributed by atoms with Crippen molar-refractivity contribution in [2.45, 2.75) is 0 Å². The molecule has 0 radical (unpaired) electrons. The van der Waals surface area contributed by atoms with Crippen LogP contribution in [-0.2, 0) is 26.2 Å². The van der Waals surface area contributed by atoms with Gasteiger partial charge in [0.2, 0.25) is 0 Å². The van der Waals surface area contributed by atoms with Crippen molar-refractivity contribution in [1.82, 2.24) is 0 Å². The number of rotatable bonds is 0. The van der Waals surface area contributed by atoms with Crippen molar-refractivity contribution in [2.24, 2.45) is 0 Å². The van der Waals surface area contributed by atoms with E-state index in [1.54, 1.807) is 0 Å². The van der Waals surface area contributed by atoms with Gasteiger partial charge in [-0.3, -0.25) is 0 Å². The first kappa shape index (κ1) is 22.5. The molecule has 0 aliphatic carbocycles. The van der Waals surface area contributed by atoms with Crippen LogP contribution in [-0.4, -0.2) is 12.3 Å². The smallest absolute Gasteiger partial charge is 1.00 e. The molecule has 0 spiro atoms. The molecule has 0 saturated carbocycles. The van der Waals surface area contributed by atoms with Crippen molar-refractivity contribution in [3.05, 3.63) is 0 Å². The maximum Gasteiger partial charge on any atom is 4.00 e. The summed E-state index contributed by atoms with van der Waals surface area (Å²) >= 11 is 0. The van der Waals surface area contributed by atoms with Crippen molar-refractivity contribution in [3.8, 4) is 0 Å². The molecule has 0 fully saturated rings. The summed E-state index contributed by atoms with van der Waals surface area (Å²) in [5.41, 5.74) is 0. The van der Waals surface area contributed by atoms with Crippen molar-refractivity contribution in [3.63, 3.8) is 0 Å². The van der Waals surface area contributed by atoms with Crippen molar-refractivity contribution in [1.29, 1.82) is 0 Å². The summed E-state index contributed by atoms with van der Waals surface area (Å²) in [5, 5.41) is 33.3. The van der Waals surface area contributed by atoms with Crippen molar-refractivity contribution < 1.29 is 109 Å². The second-order valence-corrected chi connectivity index (χ2v) is 0.500. The molecule has 0 heterocycles. The van der Waals surface area contributed by atoms with E-state index in [-0.39, 0.29) is 79.0 Å². The number of carbonyl (C=O) groups excluding carboxylic acids is 2. The molecule has 0 atom stereocenters. The van der Waals surface area contributed by atoms with Crippen LogP contribution in [0.3, 0.4) is 0 Å². The Kier molecular flexibility index (Phi) is 37.2. The zero-order valence-electron chi connectivity index (χ0n) is 5.95. The van der Waals surface area contributed by atoms with Gasteiger partial charge in [-0.05, 0) is 12.3 Å². The molecule has 10 heavy (non-hydrogen) atoms. The minimum Gasteiger partial charge on any atom is -1.00 e. The summed E-state index contributed by atoms with van der Waals surface area (Å²) in [6, 6.07) is 0. The van der Waals surface area contributed by atoms with Crippen molar-refractivity contribution in [2.75, 3.05) is 0 Å². The Hall–Kier alpha value is 1.06. The van der Waals surface area contributed by atoms with E-state index in [4.69, 9.17) is 30.0 Å². The van der Waals surface area contributed by atoms with Crippen LogP contribution in [0.5, 0.6) is 0 Å². The van der Waals surface area contributed by atoms with Gasteiger partial charge < -0.3 is 31.4 Å². The van der Waals surface area contributed by atoms with Gasteiger partial charge in [0, 0.05) is 0 Å². The first-order chi connectivity index (χ1) is 3.46. The second-order valence-electron chi connectivity index (χ2n) is 0.500. The summed E-state index contributed by atoms with van der Waals surface area (Å²) in [6.45, 7) is 0. The average molecular weight is 251 g/mol. The Balaban J connectivity index is -0.0000000171. The van der Waals surface area contributed by atoms with Crippen LogP contribution >= 0.6 is 0 Å². The number of hydrogen-bond donors (Lipinski definition) is 0. The molecule has 0 aliphatic heterocycles. The van der Waals surface area contributed by atoms with E-state index in [0.717, 1.165) is 0 Å². The van der Waals surface area contributed by atoms with E-state index >= 15 is 0 Å². The van der Waals surface area contributed by atoms with Gasteiger partial charge in [-0.2, -0.15) is 0 Å². The molecule has 0 N–H and O–H groups in total. The van der Waals surface area contributed by atoms with E-state index in [1.807, 2.05) is 0 Å². The minimum absolute atomic E-state index is 0. The van der Waals surface area contributed by atoms with Gasteiger partial charge in [-0.25, -0.2) is 0 Å². The van der Waals surface area contributed by atoms with Gasteiger partial charge in [0.15, 0.2) is 0 Å². The molecule has 0 amide bonds. The normalized spacial score (nSPS) is 4.80. The van der Waals surface area contributed by atoms with E-state index < -0.39 is 12.3 Å². The van der Waals surface area contributed by atoms with Crippen LogP contribution < -0.4 is 71.8 Å². The zero-order chi connectivity index (χ0) is 7.15. The molecule has 0 aromatic rings. The quantitative estimate of drug-likeness (QED) is 0.393. The Morgan fingerprint density at radius 1 is 0.900 bits per heavy atom. The number of carboxylic acid groups (broad SMARTS) is 4. The average Bonchev–Trinajstić information content (AvgIpc) is 1.25. The maximum absolute atomic E-state index is 8.33. The van der Waals surface area contributed by atoms with Gasteiger partial charge in [0.1, 0.15) is 0 Å². The number of carbonyl (C=O) groups is 2. The summed E-state index contributed by atoms with van der Waals surface area (Å²) in [6.07, 6.45) is -4.67. The molecule has 0 saturated heterocycles. The third-order valence-corrected chi connectivity index (χ3v) is 0. The zero-order valence-corrected chi connectivity index (χ0v) is 10.5. The molecule has 6 nitrogen and oxygen atoms in total. The molecule has 0 aromatic carbocycles. The fourth-order valence-electron chi connectivity index (χ4n) is 0. The summed E-state index contributed by atoms with van der Waals surface area (Å²) in [7, 11) is 0. The standard InChI is InChI=1S/2CH2O3.K.Zr.H/c2*2-1(3)4;;;/h2*(H2,2,3,4);;;/q;;+1;+4;-1/p-4. The summed E-state index contributed by atoms with van der Waals surface area (Å²) < 4.78 is 0.